The summed E-state index contributed by atoms with van der Waals surface area (Å²) < 4.78 is 38.6. The quantitative estimate of drug-likeness (QED) is 0.789. The summed E-state index contributed by atoms with van der Waals surface area (Å²) in [5.41, 5.74) is -1.17. The molecule has 2 aromatic rings. The smallest absolute Gasteiger partial charge is 0.128 e. The highest BCUT2D eigenvalue weighted by molar-refractivity contribution is 7.85. The van der Waals surface area contributed by atoms with Crippen molar-refractivity contribution in [3.8, 4) is 11.5 Å². The lowest BCUT2D eigenvalue weighted by molar-refractivity contribution is 0.0714. The van der Waals surface area contributed by atoms with Crippen molar-refractivity contribution in [2.45, 2.75) is 43.8 Å². The summed E-state index contributed by atoms with van der Waals surface area (Å²) in [6, 6.07) is 10.0. The van der Waals surface area contributed by atoms with Crippen LogP contribution in [0.5, 0.6) is 11.5 Å². The maximum Gasteiger partial charge on any atom is 0.128 e. The summed E-state index contributed by atoms with van der Waals surface area (Å²) in [7, 11) is -4.52. The van der Waals surface area contributed by atoms with Crippen LogP contribution < -0.4 is 4.74 Å². The molecule has 0 atom stereocenters. The van der Waals surface area contributed by atoms with Gasteiger partial charge in [0.25, 0.3) is 0 Å². The molecule has 0 spiro atoms. The van der Waals surface area contributed by atoms with E-state index < -0.39 is 21.3 Å². The third-order valence-electron chi connectivity index (χ3n) is 3.67. The van der Waals surface area contributed by atoms with Crippen molar-refractivity contribution < 1.29 is 27.9 Å². The zero-order chi connectivity index (χ0) is 19.0. The van der Waals surface area contributed by atoms with Gasteiger partial charge in [-0.1, -0.05) is 0 Å². The van der Waals surface area contributed by atoms with Gasteiger partial charge >= 0.3 is 0 Å². The predicted octanol–water partition coefficient (Wildman–Crippen LogP) is 2.84. The third kappa shape index (κ3) is 5.02. The second kappa shape index (κ2) is 6.42. The van der Waals surface area contributed by atoms with E-state index in [9.17, 15) is 23.2 Å². The molecule has 0 amide bonds. The monoisotopic (exact) mass is 365 g/mol. The zero-order valence-corrected chi connectivity index (χ0v) is 15.3. The molecule has 0 aromatic heterocycles. The molecule has 2 N–H and O–H groups in total. The van der Waals surface area contributed by atoms with Gasteiger partial charge in [0, 0.05) is 0 Å². The standard InChI is InChI=1S/C18H22O6S/c1-17(2,19)12-9-13(18(3,4)20)11-15(10-12)24-14-5-7-16(8-6-14)25(21,22)23/h5-11,19-20H,1-4H3,(H,21,22,23)/p-1. The first-order valence-corrected chi connectivity index (χ1v) is 9.02. The fraction of sp³-hybridized carbons (Fsp3) is 0.333. The average Bonchev–Trinajstić information content (AvgIpc) is 2.44. The summed E-state index contributed by atoms with van der Waals surface area (Å²) in [5, 5.41) is 20.5. The topological polar surface area (TPSA) is 107 Å². The Morgan fingerprint density at radius 2 is 1.28 bits per heavy atom. The molecular formula is C18H21O6S-. The van der Waals surface area contributed by atoms with Crippen molar-refractivity contribution in [1.29, 1.82) is 0 Å². The Balaban J connectivity index is 2.42. The molecule has 136 valence electrons. The van der Waals surface area contributed by atoms with E-state index in [0.29, 0.717) is 22.6 Å². The average molecular weight is 365 g/mol. The first-order valence-electron chi connectivity index (χ1n) is 7.61. The third-order valence-corrected chi connectivity index (χ3v) is 4.52. The Kier molecular flexibility index (Phi) is 4.98. The first kappa shape index (κ1) is 19.4. The van der Waals surface area contributed by atoms with E-state index in [4.69, 9.17) is 4.74 Å². The van der Waals surface area contributed by atoms with Gasteiger partial charge in [-0.05, 0) is 81.3 Å². The number of hydrogen-bond donors (Lipinski definition) is 2. The highest BCUT2D eigenvalue weighted by Gasteiger charge is 2.23. The van der Waals surface area contributed by atoms with Gasteiger partial charge in [0.1, 0.15) is 21.6 Å². The van der Waals surface area contributed by atoms with Gasteiger partial charge in [0.15, 0.2) is 0 Å². The fourth-order valence-corrected chi connectivity index (χ4v) is 2.64. The minimum Gasteiger partial charge on any atom is -0.744 e. The maximum absolute atomic E-state index is 11.0. The van der Waals surface area contributed by atoms with Crippen LogP contribution in [-0.4, -0.2) is 23.2 Å². The van der Waals surface area contributed by atoms with Crippen LogP contribution in [0, 0.1) is 0 Å². The van der Waals surface area contributed by atoms with Crippen LogP contribution in [0.4, 0.5) is 0 Å². The SMILES string of the molecule is CC(C)(O)c1cc(Oc2ccc(S(=O)(=O)[O-])cc2)cc(C(C)(C)O)c1. The van der Waals surface area contributed by atoms with Crippen LogP contribution >= 0.6 is 0 Å². The Morgan fingerprint density at radius 3 is 1.64 bits per heavy atom. The summed E-state index contributed by atoms with van der Waals surface area (Å²) >= 11 is 0. The number of ether oxygens (including phenoxy) is 1. The van der Waals surface area contributed by atoms with E-state index in [1.54, 1.807) is 45.9 Å². The molecule has 2 aromatic carbocycles. The van der Waals surface area contributed by atoms with Gasteiger partial charge in [-0.15, -0.1) is 0 Å². The molecule has 0 unspecified atom stereocenters. The Morgan fingerprint density at radius 1 is 0.840 bits per heavy atom. The molecule has 0 heterocycles. The fourth-order valence-electron chi connectivity index (χ4n) is 2.17. The van der Waals surface area contributed by atoms with E-state index in [2.05, 4.69) is 0 Å². The highest BCUT2D eigenvalue weighted by atomic mass is 32.2. The van der Waals surface area contributed by atoms with Crippen LogP contribution in [-0.2, 0) is 21.3 Å². The first-order chi connectivity index (χ1) is 11.3. The van der Waals surface area contributed by atoms with Crippen molar-refractivity contribution in [2.75, 3.05) is 0 Å². The molecular weight excluding hydrogens is 344 g/mol. The minimum absolute atomic E-state index is 0.321. The lowest BCUT2D eigenvalue weighted by Crippen LogP contribution is -2.20. The maximum atomic E-state index is 11.0. The number of benzene rings is 2. The minimum atomic E-state index is -4.52. The van der Waals surface area contributed by atoms with Crippen LogP contribution in [0.25, 0.3) is 0 Å². The summed E-state index contributed by atoms with van der Waals surface area (Å²) in [6.07, 6.45) is 0. The molecule has 0 radical (unpaired) electrons. The molecule has 0 saturated heterocycles. The van der Waals surface area contributed by atoms with Crippen LogP contribution in [0.2, 0.25) is 0 Å². The molecule has 7 heteroatoms. The Labute approximate surface area is 147 Å². The second-order valence-corrected chi connectivity index (χ2v) is 8.27. The van der Waals surface area contributed by atoms with E-state index >= 15 is 0 Å². The molecule has 6 nitrogen and oxygen atoms in total. The predicted molar refractivity (Wildman–Crippen MR) is 91.4 cm³/mol. The van der Waals surface area contributed by atoms with E-state index in [-0.39, 0.29) is 4.90 Å². The number of rotatable bonds is 5. The van der Waals surface area contributed by atoms with Crippen molar-refractivity contribution in [1.82, 2.24) is 0 Å². The van der Waals surface area contributed by atoms with Crippen molar-refractivity contribution in [2.24, 2.45) is 0 Å². The molecule has 0 aliphatic rings. The Hall–Kier alpha value is -1.93. The van der Waals surface area contributed by atoms with Gasteiger partial charge in [0.05, 0.1) is 16.1 Å². The van der Waals surface area contributed by atoms with Crippen LogP contribution in [0.3, 0.4) is 0 Å². The summed E-state index contributed by atoms with van der Waals surface area (Å²) in [4.78, 5) is -0.345. The van der Waals surface area contributed by atoms with E-state index in [0.717, 1.165) is 12.1 Å². The molecule has 0 aliphatic carbocycles. The molecule has 0 bridgehead atoms. The van der Waals surface area contributed by atoms with Crippen molar-refractivity contribution in [3.05, 3.63) is 53.6 Å². The zero-order valence-electron chi connectivity index (χ0n) is 14.5. The van der Waals surface area contributed by atoms with Gasteiger partial charge in [-0.2, -0.15) is 0 Å². The van der Waals surface area contributed by atoms with Gasteiger partial charge in [-0.25, -0.2) is 8.42 Å². The molecule has 25 heavy (non-hydrogen) atoms. The lowest BCUT2D eigenvalue weighted by Gasteiger charge is -2.24. The lowest BCUT2D eigenvalue weighted by atomic mass is 9.90. The second-order valence-electron chi connectivity index (χ2n) is 6.89. The van der Waals surface area contributed by atoms with Crippen molar-refractivity contribution >= 4 is 10.1 Å². The summed E-state index contributed by atoms with van der Waals surface area (Å²) in [5.74, 6) is 0.691. The molecule has 0 fully saturated rings. The van der Waals surface area contributed by atoms with Gasteiger partial charge in [0.2, 0.25) is 0 Å². The molecule has 0 aliphatic heterocycles. The normalized spacial score (nSPS) is 12.9. The van der Waals surface area contributed by atoms with Gasteiger partial charge in [-0.3, -0.25) is 0 Å². The van der Waals surface area contributed by atoms with Crippen LogP contribution in [0.1, 0.15) is 38.8 Å². The van der Waals surface area contributed by atoms with Crippen molar-refractivity contribution in [3.63, 3.8) is 0 Å². The summed E-state index contributed by atoms with van der Waals surface area (Å²) in [6.45, 7) is 6.48. The molecule has 0 saturated carbocycles. The van der Waals surface area contributed by atoms with Gasteiger partial charge < -0.3 is 19.5 Å². The largest absolute Gasteiger partial charge is 0.744 e. The Bertz CT molecular complexity index is 824. The number of hydrogen-bond acceptors (Lipinski definition) is 6. The molecule has 2 rings (SSSR count). The number of aliphatic hydroxyl groups is 2. The van der Waals surface area contributed by atoms with E-state index in [1.807, 2.05) is 0 Å². The highest BCUT2D eigenvalue weighted by Crippen LogP contribution is 2.33. The van der Waals surface area contributed by atoms with Crippen LogP contribution in [0.15, 0.2) is 47.4 Å². The van der Waals surface area contributed by atoms with E-state index in [1.165, 1.54) is 12.1 Å².